The molecule has 4 aliphatic carbocycles. The van der Waals surface area contributed by atoms with Gasteiger partial charge in [-0.15, -0.1) is 0 Å². The Hall–Kier alpha value is -0.160. The predicted molar refractivity (Wildman–Crippen MR) is 79.9 cm³/mol. The van der Waals surface area contributed by atoms with Gasteiger partial charge in [-0.2, -0.15) is 0 Å². The number of hydrogen-bond acceptors (Lipinski definition) is 4. The molecule has 4 unspecified atom stereocenters. The molecule has 0 aliphatic heterocycles. The van der Waals surface area contributed by atoms with Crippen LogP contribution in [0.5, 0.6) is 0 Å². The molecule has 0 radical (unpaired) electrons. The first-order valence-corrected chi connectivity index (χ1v) is 8.23. The smallest absolute Gasteiger partial charge is 0.155 e. The quantitative estimate of drug-likeness (QED) is 0.703. The van der Waals surface area contributed by atoms with Gasteiger partial charge in [0, 0.05) is 20.6 Å². The van der Waals surface area contributed by atoms with E-state index in [9.17, 15) is 0 Å². The Labute approximate surface area is 128 Å². The van der Waals surface area contributed by atoms with E-state index in [2.05, 4.69) is 6.92 Å². The minimum absolute atomic E-state index is 0.0724. The second-order valence-electron chi connectivity index (χ2n) is 8.03. The third-order valence-electron chi connectivity index (χ3n) is 5.74. The number of ether oxygens (including phenoxy) is 4. The third-order valence-corrected chi connectivity index (χ3v) is 5.74. The molecule has 4 heteroatoms. The van der Waals surface area contributed by atoms with Crippen molar-refractivity contribution in [2.45, 2.75) is 83.1 Å². The van der Waals surface area contributed by atoms with Gasteiger partial charge in [-0.3, -0.25) is 0 Å². The molecule has 4 fully saturated rings. The Kier molecular flexibility index (Phi) is 3.89. The van der Waals surface area contributed by atoms with E-state index in [-0.39, 0.29) is 23.8 Å². The van der Waals surface area contributed by atoms with E-state index in [0.717, 1.165) is 32.1 Å². The van der Waals surface area contributed by atoms with Crippen molar-refractivity contribution in [2.24, 2.45) is 11.3 Å². The normalized spacial score (nSPS) is 47.6. The zero-order valence-electron chi connectivity index (χ0n) is 14.1. The fourth-order valence-electron chi connectivity index (χ4n) is 5.79. The molecule has 0 amide bonds. The van der Waals surface area contributed by atoms with Gasteiger partial charge in [-0.05, 0) is 57.3 Å². The maximum atomic E-state index is 6.36. The van der Waals surface area contributed by atoms with Crippen LogP contribution in [0.2, 0.25) is 0 Å². The zero-order chi connectivity index (χ0) is 15.3. The fraction of sp³-hybridized carbons (Fsp3) is 1.00. The Morgan fingerprint density at radius 3 is 1.67 bits per heavy atom. The molecule has 0 heterocycles. The minimum atomic E-state index is -0.151. The highest BCUT2D eigenvalue weighted by Gasteiger charge is 2.63. The zero-order valence-corrected chi connectivity index (χ0v) is 14.1. The van der Waals surface area contributed by atoms with E-state index in [0.29, 0.717) is 11.3 Å². The Morgan fingerprint density at radius 2 is 1.29 bits per heavy atom. The molecule has 0 spiro atoms. The fourth-order valence-corrected chi connectivity index (χ4v) is 5.79. The summed E-state index contributed by atoms with van der Waals surface area (Å²) >= 11 is 0. The molecule has 0 aromatic rings. The summed E-state index contributed by atoms with van der Waals surface area (Å²) in [6.45, 7) is 6.39. The third kappa shape index (κ3) is 2.88. The lowest BCUT2D eigenvalue weighted by Gasteiger charge is -2.65. The first-order chi connectivity index (χ1) is 9.82. The average molecular weight is 298 g/mol. The lowest BCUT2D eigenvalue weighted by Crippen LogP contribution is -2.65. The molecule has 21 heavy (non-hydrogen) atoms. The molecule has 0 saturated heterocycles. The predicted octanol–water partition coefficient (Wildman–Crippen LogP) is 3.49. The summed E-state index contributed by atoms with van der Waals surface area (Å²) in [6, 6.07) is 0. The Bertz CT molecular complexity index is 368. The summed E-state index contributed by atoms with van der Waals surface area (Å²) in [5.74, 6) is 0.708. The molecule has 0 N–H and O–H groups in total. The molecular formula is C17H30O4. The van der Waals surface area contributed by atoms with E-state index in [4.69, 9.17) is 18.9 Å². The van der Waals surface area contributed by atoms with Crippen LogP contribution in [0.25, 0.3) is 0 Å². The maximum Gasteiger partial charge on any atom is 0.155 e. The summed E-state index contributed by atoms with van der Waals surface area (Å²) < 4.78 is 23.5. The number of hydrogen-bond donors (Lipinski definition) is 0. The average Bonchev–Trinajstić information content (AvgIpc) is 2.34. The highest BCUT2D eigenvalue weighted by molar-refractivity contribution is 5.14. The molecule has 4 rings (SSSR count). The van der Waals surface area contributed by atoms with Gasteiger partial charge in [0.05, 0.1) is 11.2 Å². The standard InChI is InChI=1S/C17H30O4/c1-12(18-4)20-16-7-14-6-15(3,9-16)10-17(8-14,11-16)21-13(2)19-5/h12-14H,6-11H2,1-5H3. The largest absolute Gasteiger partial charge is 0.356 e. The lowest BCUT2D eigenvalue weighted by atomic mass is 9.46. The molecule has 4 nitrogen and oxygen atoms in total. The van der Waals surface area contributed by atoms with Gasteiger partial charge in [0.2, 0.25) is 0 Å². The minimum Gasteiger partial charge on any atom is -0.356 e. The first-order valence-electron chi connectivity index (χ1n) is 8.23. The van der Waals surface area contributed by atoms with Crippen LogP contribution in [0.4, 0.5) is 0 Å². The van der Waals surface area contributed by atoms with Crippen LogP contribution in [-0.2, 0) is 18.9 Å². The molecule has 0 aromatic heterocycles. The topological polar surface area (TPSA) is 36.9 Å². The lowest BCUT2D eigenvalue weighted by molar-refractivity contribution is -0.317. The van der Waals surface area contributed by atoms with Crippen molar-refractivity contribution < 1.29 is 18.9 Å². The van der Waals surface area contributed by atoms with Crippen molar-refractivity contribution in [1.29, 1.82) is 0 Å². The van der Waals surface area contributed by atoms with Gasteiger partial charge >= 0.3 is 0 Å². The van der Waals surface area contributed by atoms with E-state index < -0.39 is 0 Å². The second-order valence-corrected chi connectivity index (χ2v) is 8.03. The first kappa shape index (κ1) is 15.7. The summed E-state index contributed by atoms with van der Waals surface area (Å²) in [6.07, 6.45) is 6.57. The van der Waals surface area contributed by atoms with Crippen molar-refractivity contribution in [2.75, 3.05) is 14.2 Å². The van der Waals surface area contributed by atoms with Crippen molar-refractivity contribution in [3.05, 3.63) is 0 Å². The molecule has 4 saturated carbocycles. The summed E-state index contributed by atoms with van der Waals surface area (Å²) in [5, 5.41) is 0. The van der Waals surface area contributed by atoms with E-state index in [1.54, 1.807) is 14.2 Å². The van der Waals surface area contributed by atoms with Gasteiger partial charge in [-0.25, -0.2) is 0 Å². The molecule has 4 aliphatic rings. The van der Waals surface area contributed by atoms with E-state index in [1.165, 1.54) is 6.42 Å². The van der Waals surface area contributed by atoms with Crippen LogP contribution < -0.4 is 0 Å². The molecule has 4 bridgehead atoms. The van der Waals surface area contributed by atoms with Gasteiger partial charge in [0.1, 0.15) is 0 Å². The van der Waals surface area contributed by atoms with Crippen LogP contribution in [-0.4, -0.2) is 38.0 Å². The number of methoxy groups -OCH3 is 2. The molecule has 122 valence electrons. The summed E-state index contributed by atoms with van der Waals surface area (Å²) in [5.41, 5.74) is 0.189. The highest BCUT2D eigenvalue weighted by atomic mass is 16.7. The van der Waals surface area contributed by atoms with Crippen LogP contribution in [0.3, 0.4) is 0 Å². The van der Waals surface area contributed by atoms with Crippen molar-refractivity contribution >= 4 is 0 Å². The highest BCUT2D eigenvalue weighted by Crippen LogP contribution is 2.65. The number of rotatable bonds is 6. The van der Waals surface area contributed by atoms with Gasteiger partial charge in [0.25, 0.3) is 0 Å². The van der Waals surface area contributed by atoms with Gasteiger partial charge in [0.15, 0.2) is 12.6 Å². The van der Waals surface area contributed by atoms with Crippen LogP contribution in [0, 0.1) is 11.3 Å². The van der Waals surface area contributed by atoms with Crippen LogP contribution >= 0.6 is 0 Å². The van der Waals surface area contributed by atoms with Crippen LogP contribution in [0.1, 0.15) is 59.3 Å². The summed E-state index contributed by atoms with van der Waals surface area (Å²) in [7, 11) is 3.43. The second kappa shape index (κ2) is 5.19. The van der Waals surface area contributed by atoms with E-state index >= 15 is 0 Å². The Balaban J connectivity index is 1.85. The molecular weight excluding hydrogens is 268 g/mol. The van der Waals surface area contributed by atoms with Gasteiger partial charge in [-0.1, -0.05) is 6.92 Å². The van der Waals surface area contributed by atoms with Crippen molar-refractivity contribution in [3.63, 3.8) is 0 Å². The molecule has 4 atom stereocenters. The molecule has 0 aromatic carbocycles. The van der Waals surface area contributed by atoms with Crippen molar-refractivity contribution in [3.8, 4) is 0 Å². The Morgan fingerprint density at radius 1 is 0.810 bits per heavy atom. The van der Waals surface area contributed by atoms with E-state index in [1.807, 2.05) is 13.8 Å². The van der Waals surface area contributed by atoms with Crippen molar-refractivity contribution in [1.82, 2.24) is 0 Å². The van der Waals surface area contributed by atoms with Gasteiger partial charge < -0.3 is 18.9 Å². The monoisotopic (exact) mass is 298 g/mol. The SMILES string of the molecule is COC(C)OC12CC3CC(C)(C1)CC(OC(C)OC)(C3)C2. The van der Waals surface area contributed by atoms with Crippen LogP contribution in [0.15, 0.2) is 0 Å². The maximum absolute atomic E-state index is 6.36. The summed E-state index contributed by atoms with van der Waals surface area (Å²) in [4.78, 5) is 0.